The average molecular weight is 525 g/mol. The van der Waals surface area contributed by atoms with Gasteiger partial charge in [0.1, 0.15) is 10.7 Å². The Morgan fingerprint density at radius 2 is 1.67 bits per heavy atom. The number of amides is 1. The molecular formula is C26H21FN2O5S2. The molecule has 2 N–H and O–H groups in total. The van der Waals surface area contributed by atoms with Crippen molar-refractivity contribution in [3.63, 3.8) is 0 Å². The highest BCUT2D eigenvalue weighted by atomic mass is 32.2. The molecule has 4 aromatic rings. The van der Waals surface area contributed by atoms with Crippen LogP contribution in [-0.2, 0) is 14.8 Å². The van der Waals surface area contributed by atoms with Gasteiger partial charge in [0.05, 0.1) is 17.2 Å². The lowest BCUT2D eigenvalue weighted by molar-refractivity contribution is 0.0533. The summed E-state index contributed by atoms with van der Waals surface area (Å²) in [6.07, 6.45) is 0. The molecule has 1 aromatic heterocycles. The van der Waals surface area contributed by atoms with Crippen LogP contribution < -0.4 is 10.0 Å². The SMILES string of the molecule is CCOC(=O)c1sc(-c2ccccc2)cc1NC(=O)c1cccc(NS(=O)(=O)c2ccc(F)cc2)c1. The van der Waals surface area contributed by atoms with Crippen LogP contribution in [0.1, 0.15) is 27.0 Å². The molecule has 184 valence electrons. The van der Waals surface area contributed by atoms with Crippen LogP contribution in [0.15, 0.2) is 89.8 Å². The van der Waals surface area contributed by atoms with Gasteiger partial charge in [-0.3, -0.25) is 9.52 Å². The van der Waals surface area contributed by atoms with Gasteiger partial charge >= 0.3 is 5.97 Å². The topological polar surface area (TPSA) is 102 Å². The molecule has 0 radical (unpaired) electrons. The second kappa shape index (κ2) is 10.7. The van der Waals surface area contributed by atoms with Crippen molar-refractivity contribution in [1.29, 1.82) is 0 Å². The van der Waals surface area contributed by atoms with Crippen LogP contribution in [0.4, 0.5) is 15.8 Å². The van der Waals surface area contributed by atoms with E-state index in [1.54, 1.807) is 13.0 Å². The molecule has 0 spiro atoms. The van der Waals surface area contributed by atoms with E-state index < -0.39 is 27.7 Å². The summed E-state index contributed by atoms with van der Waals surface area (Å²) in [7, 11) is -3.99. The molecular weight excluding hydrogens is 503 g/mol. The maximum Gasteiger partial charge on any atom is 0.350 e. The van der Waals surface area contributed by atoms with E-state index in [2.05, 4.69) is 10.0 Å². The molecule has 3 aromatic carbocycles. The molecule has 0 aliphatic carbocycles. The molecule has 0 aliphatic heterocycles. The monoisotopic (exact) mass is 524 g/mol. The van der Waals surface area contributed by atoms with Crippen LogP contribution in [0, 0.1) is 5.82 Å². The smallest absolute Gasteiger partial charge is 0.350 e. The molecule has 0 atom stereocenters. The van der Waals surface area contributed by atoms with Crippen LogP contribution in [0.25, 0.3) is 10.4 Å². The average Bonchev–Trinajstić information content (AvgIpc) is 3.29. The zero-order valence-corrected chi connectivity index (χ0v) is 20.7. The van der Waals surface area contributed by atoms with E-state index in [0.717, 1.165) is 34.7 Å². The van der Waals surface area contributed by atoms with E-state index in [0.29, 0.717) is 5.69 Å². The number of carbonyl (C=O) groups excluding carboxylic acids is 2. The number of hydrogen-bond acceptors (Lipinski definition) is 6. The van der Waals surface area contributed by atoms with Gasteiger partial charge in [-0.15, -0.1) is 11.3 Å². The van der Waals surface area contributed by atoms with E-state index in [9.17, 15) is 22.4 Å². The van der Waals surface area contributed by atoms with Crippen molar-refractivity contribution in [2.45, 2.75) is 11.8 Å². The number of rotatable bonds is 8. The molecule has 0 fully saturated rings. The van der Waals surface area contributed by atoms with Gasteiger partial charge in [-0.05, 0) is 61.0 Å². The zero-order chi connectivity index (χ0) is 25.7. The summed E-state index contributed by atoms with van der Waals surface area (Å²) in [5.41, 5.74) is 1.48. The van der Waals surface area contributed by atoms with Crippen molar-refractivity contribution in [3.05, 3.63) is 101 Å². The normalized spacial score (nSPS) is 11.1. The Labute approximate surface area is 211 Å². The second-order valence-electron chi connectivity index (χ2n) is 7.53. The number of anilines is 2. The van der Waals surface area contributed by atoms with Gasteiger partial charge in [0.25, 0.3) is 15.9 Å². The molecule has 4 rings (SSSR count). The highest BCUT2D eigenvalue weighted by Gasteiger charge is 2.21. The third-order valence-corrected chi connectivity index (χ3v) is 7.56. The number of ether oxygens (including phenoxy) is 1. The molecule has 0 bridgehead atoms. The summed E-state index contributed by atoms with van der Waals surface area (Å²) in [6, 6.07) is 21.4. The minimum absolute atomic E-state index is 0.121. The maximum absolute atomic E-state index is 13.2. The van der Waals surface area contributed by atoms with Crippen molar-refractivity contribution < 1.29 is 27.1 Å². The number of halogens is 1. The fraction of sp³-hybridized carbons (Fsp3) is 0.0769. The van der Waals surface area contributed by atoms with Crippen LogP contribution in [0.3, 0.4) is 0 Å². The standard InChI is InChI=1S/C26H21FN2O5S2/c1-2-34-26(31)24-22(16-23(35-24)17-7-4-3-5-8-17)28-25(30)18-9-6-10-20(15-18)29-36(32,33)21-13-11-19(27)12-14-21/h3-16,29H,2H2,1H3,(H,28,30). The number of nitrogens with one attached hydrogen (secondary N) is 2. The molecule has 36 heavy (non-hydrogen) atoms. The first-order valence-electron chi connectivity index (χ1n) is 10.8. The van der Waals surface area contributed by atoms with E-state index >= 15 is 0 Å². The quantitative estimate of drug-likeness (QED) is 0.284. The van der Waals surface area contributed by atoms with Crippen LogP contribution in [0.2, 0.25) is 0 Å². The van der Waals surface area contributed by atoms with Gasteiger partial charge < -0.3 is 10.1 Å². The lowest BCUT2D eigenvalue weighted by Gasteiger charge is -2.10. The summed E-state index contributed by atoms with van der Waals surface area (Å²) in [5, 5.41) is 2.74. The van der Waals surface area contributed by atoms with Crippen molar-refractivity contribution in [2.24, 2.45) is 0 Å². The number of hydrogen-bond donors (Lipinski definition) is 2. The van der Waals surface area contributed by atoms with Gasteiger partial charge in [0.2, 0.25) is 0 Å². The summed E-state index contributed by atoms with van der Waals surface area (Å²) in [5.74, 6) is -1.65. The number of carbonyl (C=O) groups is 2. The third-order valence-electron chi connectivity index (χ3n) is 5.00. The van der Waals surface area contributed by atoms with E-state index in [4.69, 9.17) is 4.74 Å². The van der Waals surface area contributed by atoms with Crippen molar-refractivity contribution in [3.8, 4) is 10.4 Å². The van der Waals surface area contributed by atoms with Gasteiger partial charge in [-0.2, -0.15) is 0 Å². The predicted molar refractivity (Wildman–Crippen MR) is 137 cm³/mol. The summed E-state index contributed by atoms with van der Waals surface area (Å²) in [6.45, 7) is 1.88. The van der Waals surface area contributed by atoms with Crippen molar-refractivity contribution in [2.75, 3.05) is 16.6 Å². The van der Waals surface area contributed by atoms with Gasteiger partial charge in [-0.1, -0.05) is 36.4 Å². The Kier molecular flexibility index (Phi) is 7.47. The highest BCUT2D eigenvalue weighted by Crippen LogP contribution is 2.35. The lowest BCUT2D eigenvalue weighted by atomic mass is 10.1. The highest BCUT2D eigenvalue weighted by molar-refractivity contribution is 7.92. The lowest BCUT2D eigenvalue weighted by Crippen LogP contribution is -2.16. The van der Waals surface area contributed by atoms with Crippen molar-refractivity contribution >= 4 is 44.6 Å². The Morgan fingerprint density at radius 1 is 0.944 bits per heavy atom. The van der Waals surface area contributed by atoms with E-state index in [1.165, 1.54) is 35.6 Å². The number of thiophene rings is 1. The first-order chi connectivity index (χ1) is 17.3. The van der Waals surface area contributed by atoms with E-state index in [1.807, 2.05) is 30.3 Å². The number of benzene rings is 3. The fourth-order valence-corrected chi connectivity index (χ4v) is 5.39. The van der Waals surface area contributed by atoms with Crippen LogP contribution in [0.5, 0.6) is 0 Å². The fourth-order valence-electron chi connectivity index (χ4n) is 3.32. The molecule has 1 heterocycles. The molecule has 10 heteroatoms. The Bertz CT molecular complexity index is 1500. The molecule has 0 saturated heterocycles. The largest absolute Gasteiger partial charge is 0.462 e. The molecule has 7 nitrogen and oxygen atoms in total. The first-order valence-corrected chi connectivity index (χ1v) is 13.1. The zero-order valence-electron chi connectivity index (χ0n) is 19.0. The summed E-state index contributed by atoms with van der Waals surface area (Å²) < 4.78 is 45.9. The minimum atomic E-state index is -3.99. The molecule has 0 unspecified atom stereocenters. The number of sulfonamides is 1. The predicted octanol–water partition coefficient (Wildman–Crippen LogP) is 5.78. The van der Waals surface area contributed by atoms with Crippen LogP contribution in [-0.4, -0.2) is 26.9 Å². The third kappa shape index (κ3) is 5.78. The number of esters is 1. The van der Waals surface area contributed by atoms with Gasteiger partial charge in [-0.25, -0.2) is 17.6 Å². The molecule has 0 aliphatic rings. The van der Waals surface area contributed by atoms with Gasteiger partial charge in [0, 0.05) is 16.1 Å². The van der Waals surface area contributed by atoms with Crippen LogP contribution >= 0.6 is 11.3 Å². The maximum atomic E-state index is 13.2. The van der Waals surface area contributed by atoms with Gasteiger partial charge in [0.15, 0.2) is 0 Å². The van der Waals surface area contributed by atoms with Crippen molar-refractivity contribution in [1.82, 2.24) is 0 Å². The molecule has 0 saturated carbocycles. The van der Waals surface area contributed by atoms with E-state index in [-0.39, 0.29) is 27.6 Å². The Hall–Kier alpha value is -4.02. The summed E-state index contributed by atoms with van der Waals surface area (Å²) >= 11 is 1.20. The first kappa shape index (κ1) is 25.1. The molecule has 1 amide bonds. The summed E-state index contributed by atoms with van der Waals surface area (Å²) in [4.78, 5) is 26.5. The second-order valence-corrected chi connectivity index (χ2v) is 10.3. The Morgan fingerprint density at radius 3 is 2.36 bits per heavy atom. The minimum Gasteiger partial charge on any atom is -0.462 e. The Balaban J connectivity index is 1.58.